The maximum atomic E-state index is 9.80. The number of phenols is 1. The molecule has 0 aliphatic heterocycles. The molecule has 72 valence electrons. The highest BCUT2D eigenvalue weighted by molar-refractivity contribution is 5.48. The Labute approximate surface area is 80.4 Å². The van der Waals surface area contributed by atoms with Gasteiger partial charge >= 0.3 is 0 Å². The quantitative estimate of drug-likeness (QED) is 0.737. The summed E-state index contributed by atoms with van der Waals surface area (Å²) in [4.78, 5) is 0. The minimum absolute atomic E-state index is 0.484. The molecule has 0 fully saturated rings. The van der Waals surface area contributed by atoms with Crippen molar-refractivity contribution in [2.45, 2.75) is 40.5 Å². The Morgan fingerprint density at radius 3 is 2.23 bits per heavy atom. The molecule has 0 aromatic heterocycles. The van der Waals surface area contributed by atoms with E-state index in [1.54, 1.807) is 0 Å². The van der Waals surface area contributed by atoms with E-state index in [1.165, 1.54) is 11.1 Å². The highest BCUT2D eigenvalue weighted by Crippen LogP contribution is 2.28. The summed E-state index contributed by atoms with van der Waals surface area (Å²) in [7, 11) is 0. The van der Waals surface area contributed by atoms with Crippen LogP contribution >= 0.6 is 0 Å². The zero-order valence-corrected chi connectivity index (χ0v) is 8.94. The minimum atomic E-state index is 0.484. The fourth-order valence-electron chi connectivity index (χ4n) is 1.85. The van der Waals surface area contributed by atoms with Gasteiger partial charge in [0.15, 0.2) is 0 Å². The lowest BCUT2D eigenvalue weighted by molar-refractivity contribution is 0.463. The Kier molecular flexibility index (Phi) is 2.97. The molecule has 0 spiro atoms. The first kappa shape index (κ1) is 10.1. The average Bonchev–Trinajstić information content (AvgIpc) is 2.12. The summed E-state index contributed by atoms with van der Waals surface area (Å²) in [6.07, 6.45) is 1.95. The summed E-state index contributed by atoms with van der Waals surface area (Å²) in [5, 5.41) is 9.80. The molecule has 0 heterocycles. The van der Waals surface area contributed by atoms with Crippen LogP contribution in [0, 0.1) is 13.8 Å². The van der Waals surface area contributed by atoms with Crippen molar-refractivity contribution in [3.63, 3.8) is 0 Å². The van der Waals surface area contributed by atoms with Crippen LogP contribution in [-0.4, -0.2) is 5.11 Å². The number of phenolic OH excluding ortho intramolecular Hbond substituents is 1. The largest absolute Gasteiger partial charge is 0.507 e. The lowest BCUT2D eigenvalue weighted by Gasteiger charge is -2.13. The third kappa shape index (κ3) is 1.69. The predicted octanol–water partition coefficient (Wildman–Crippen LogP) is 3.13. The fraction of sp³-hybridized carbons (Fsp3) is 0.500. The number of benzene rings is 1. The summed E-state index contributed by atoms with van der Waals surface area (Å²) in [6.45, 7) is 8.29. The van der Waals surface area contributed by atoms with Crippen molar-refractivity contribution >= 4 is 0 Å². The molecular weight excluding hydrogens is 160 g/mol. The van der Waals surface area contributed by atoms with Crippen LogP contribution in [0.3, 0.4) is 0 Å². The standard InChI is InChI=1S/C12H18O/c1-5-10-7-8(3)12(13)11(6-2)9(10)4/h7,13H,5-6H2,1-4H3. The van der Waals surface area contributed by atoms with Gasteiger partial charge in [-0.15, -0.1) is 0 Å². The zero-order chi connectivity index (χ0) is 10.0. The highest BCUT2D eigenvalue weighted by atomic mass is 16.3. The van der Waals surface area contributed by atoms with Crippen LogP contribution in [0.15, 0.2) is 6.07 Å². The molecule has 0 bridgehead atoms. The van der Waals surface area contributed by atoms with Crippen molar-refractivity contribution in [1.82, 2.24) is 0 Å². The third-order valence-electron chi connectivity index (χ3n) is 2.72. The second-order valence-electron chi connectivity index (χ2n) is 3.51. The Morgan fingerprint density at radius 2 is 1.77 bits per heavy atom. The van der Waals surface area contributed by atoms with E-state index in [9.17, 15) is 5.11 Å². The minimum Gasteiger partial charge on any atom is -0.507 e. The molecule has 0 aliphatic carbocycles. The maximum absolute atomic E-state index is 9.80. The molecule has 0 saturated carbocycles. The third-order valence-corrected chi connectivity index (χ3v) is 2.72. The SMILES string of the molecule is CCc1cc(C)c(O)c(CC)c1C. The topological polar surface area (TPSA) is 20.2 Å². The molecule has 0 saturated heterocycles. The van der Waals surface area contributed by atoms with Gasteiger partial charge in [-0.1, -0.05) is 19.9 Å². The average molecular weight is 178 g/mol. The molecule has 0 amide bonds. The molecular formula is C12H18O. The zero-order valence-electron chi connectivity index (χ0n) is 8.94. The van der Waals surface area contributed by atoms with Gasteiger partial charge in [0.1, 0.15) is 5.75 Å². The van der Waals surface area contributed by atoms with Crippen molar-refractivity contribution in [2.75, 3.05) is 0 Å². The van der Waals surface area contributed by atoms with Crippen LogP contribution in [0.4, 0.5) is 0 Å². The molecule has 1 aromatic rings. The van der Waals surface area contributed by atoms with Gasteiger partial charge in [-0.05, 0) is 48.9 Å². The Hall–Kier alpha value is -0.980. The van der Waals surface area contributed by atoms with Crippen LogP contribution in [-0.2, 0) is 12.8 Å². The van der Waals surface area contributed by atoms with Gasteiger partial charge in [0, 0.05) is 0 Å². The lowest BCUT2D eigenvalue weighted by Crippen LogP contribution is -1.96. The molecule has 0 atom stereocenters. The molecule has 0 aliphatic rings. The van der Waals surface area contributed by atoms with Gasteiger partial charge in [-0.3, -0.25) is 0 Å². The molecule has 0 radical (unpaired) electrons. The highest BCUT2D eigenvalue weighted by Gasteiger charge is 2.09. The predicted molar refractivity (Wildman–Crippen MR) is 56.3 cm³/mol. The van der Waals surface area contributed by atoms with E-state index in [-0.39, 0.29) is 0 Å². The molecule has 13 heavy (non-hydrogen) atoms. The van der Waals surface area contributed by atoms with Gasteiger partial charge < -0.3 is 5.11 Å². The van der Waals surface area contributed by atoms with Crippen LogP contribution in [0.25, 0.3) is 0 Å². The Morgan fingerprint density at radius 1 is 1.15 bits per heavy atom. The van der Waals surface area contributed by atoms with Crippen LogP contribution in [0.1, 0.15) is 36.1 Å². The van der Waals surface area contributed by atoms with Crippen LogP contribution in [0.2, 0.25) is 0 Å². The van der Waals surface area contributed by atoms with Gasteiger partial charge in [-0.2, -0.15) is 0 Å². The fourth-order valence-corrected chi connectivity index (χ4v) is 1.85. The lowest BCUT2D eigenvalue weighted by atomic mass is 9.95. The van der Waals surface area contributed by atoms with Gasteiger partial charge in [-0.25, -0.2) is 0 Å². The monoisotopic (exact) mass is 178 g/mol. The van der Waals surface area contributed by atoms with Crippen molar-refractivity contribution in [3.8, 4) is 5.75 Å². The molecule has 1 aromatic carbocycles. The summed E-state index contributed by atoms with van der Waals surface area (Å²) in [5.74, 6) is 0.484. The summed E-state index contributed by atoms with van der Waals surface area (Å²) >= 11 is 0. The van der Waals surface area contributed by atoms with Crippen LogP contribution < -0.4 is 0 Å². The normalized spacial score (nSPS) is 10.5. The van der Waals surface area contributed by atoms with Crippen molar-refractivity contribution < 1.29 is 5.11 Å². The second-order valence-corrected chi connectivity index (χ2v) is 3.51. The molecule has 1 N–H and O–H groups in total. The summed E-state index contributed by atoms with van der Waals surface area (Å²) < 4.78 is 0. The van der Waals surface area contributed by atoms with Crippen molar-refractivity contribution in [1.29, 1.82) is 0 Å². The van der Waals surface area contributed by atoms with E-state index >= 15 is 0 Å². The van der Waals surface area contributed by atoms with E-state index < -0.39 is 0 Å². The number of hydrogen-bond acceptors (Lipinski definition) is 1. The van der Waals surface area contributed by atoms with E-state index in [2.05, 4.69) is 26.8 Å². The molecule has 0 unspecified atom stereocenters. The number of rotatable bonds is 2. The van der Waals surface area contributed by atoms with E-state index in [0.717, 1.165) is 24.0 Å². The second kappa shape index (κ2) is 3.82. The number of aryl methyl sites for hydroxylation is 2. The van der Waals surface area contributed by atoms with Gasteiger partial charge in [0.25, 0.3) is 0 Å². The Balaban J connectivity index is 3.39. The molecule has 1 nitrogen and oxygen atoms in total. The first-order valence-corrected chi connectivity index (χ1v) is 4.92. The number of aromatic hydroxyl groups is 1. The van der Waals surface area contributed by atoms with E-state index in [1.807, 2.05) is 6.92 Å². The first-order chi connectivity index (χ1) is 6.11. The number of hydrogen-bond donors (Lipinski definition) is 1. The van der Waals surface area contributed by atoms with Crippen LogP contribution in [0.5, 0.6) is 5.75 Å². The summed E-state index contributed by atoms with van der Waals surface area (Å²) in [6, 6.07) is 2.09. The van der Waals surface area contributed by atoms with E-state index in [4.69, 9.17) is 0 Å². The Bertz CT molecular complexity index is 313. The molecule has 1 heteroatoms. The summed E-state index contributed by atoms with van der Waals surface area (Å²) in [5.41, 5.74) is 4.72. The smallest absolute Gasteiger partial charge is 0.121 e. The van der Waals surface area contributed by atoms with Gasteiger partial charge in [0.05, 0.1) is 0 Å². The first-order valence-electron chi connectivity index (χ1n) is 4.92. The van der Waals surface area contributed by atoms with Crippen molar-refractivity contribution in [2.24, 2.45) is 0 Å². The van der Waals surface area contributed by atoms with Gasteiger partial charge in [0.2, 0.25) is 0 Å². The van der Waals surface area contributed by atoms with E-state index in [0.29, 0.717) is 5.75 Å². The maximum Gasteiger partial charge on any atom is 0.121 e. The van der Waals surface area contributed by atoms with Crippen molar-refractivity contribution in [3.05, 3.63) is 28.3 Å². The molecule has 1 rings (SSSR count).